The molecule has 1 saturated heterocycles. The van der Waals surface area contributed by atoms with E-state index in [-0.39, 0.29) is 0 Å². The van der Waals surface area contributed by atoms with Crippen molar-refractivity contribution >= 4 is 5.65 Å². The van der Waals surface area contributed by atoms with Gasteiger partial charge in [-0.2, -0.15) is 5.26 Å². The van der Waals surface area contributed by atoms with E-state index in [9.17, 15) is 0 Å². The van der Waals surface area contributed by atoms with Gasteiger partial charge in [0.25, 0.3) is 0 Å². The van der Waals surface area contributed by atoms with Crippen LogP contribution < -0.4 is 0 Å². The van der Waals surface area contributed by atoms with Gasteiger partial charge in [0.05, 0.1) is 18.2 Å². The molecule has 2 aromatic heterocycles. The molecular formula is C12H12N4O. The Balaban J connectivity index is 2.03. The van der Waals surface area contributed by atoms with Crippen LogP contribution in [-0.4, -0.2) is 27.8 Å². The molecule has 0 N–H and O–H groups in total. The van der Waals surface area contributed by atoms with Crippen molar-refractivity contribution in [2.45, 2.75) is 18.8 Å². The zero-order valence-corrected chi connectivity index (χ0v) is 9.33. The monoisotopic (exact) mass is 228 g/mol. The number of nitrogens with zero attached hydrogens (tertiary/aromatic N) is 4. The van der Waals surface area contributed by atoms with E-state index < -0.39 is 0 Å². The molecule has 5 nitrogen and oxygen atoms in total. The van der Waals surface area contributed by atoms with Gasteiger partial charge in [0, 0.05) is 24.8 Å². The number of nitriles is 1. The highest BCUT2D eigenvalue weighted by atomic mass is 16.5. The molecule has 0 amide bonds. The molecule has 17 heavy (non-hydrogen) atoms. The van der Waals surface area contributed by atoms with E-state index in [4.69, 9.17) is 10.00 Å². The van der Waals surface area contributed by atoms with E-state index in [1.165, 1.54) is 0 Å². The summed E-state index contributed by atoms with van der Waals surface area (Å²) in [6.45, 7) is 1.55. The van der Waals surface area contributed by atoms with Gasteiger partial charge < -0.3 is 4.74 Å². The molecule has 1 fully saturated rings. The Morgan fingerprint density at radius 3 is 3.18 bits per heavy atom. The van der Waals surface area contributed by atoms with Crippen LogP contribution in [0.3, 0.4) is 0 Å². The van der Waals surface area contributed by atoms with Crippen LogP contribution in [0.25, 0.3) is 5.65 Å². The summed E-state index contributed by atoms with van der Waals surface area (Å²) in [7, 11) is 0. The molecule has 0 aliphatic carbocycles. The van der Waals surface area contributed by atoms with Gasteiger partial charge in [0.2, 0.25) is 0 Å². The van der Waals surface area contributed by atoms with Crippen LogP contribution in [0.4, 0.5) is 0 Å². The molecule has 3 rings (SSSR count). The van der Waals surface area contributed by atoms with E-state index in [2.05, 4.69) is 16.3 Å². The van der Waals surface area contributed by atoms with Crippen LogP contribution in [0.2, 0.25) is 0 Å². The fraction of sp³-hybridized carbons (Fsp3) is 0.417. The molecule has 1 aliphatic rings. The fourth-order valence-electron chi connectivity index (χ4n) is 2.20. The van der Waals surface area contributed by atoms with E-state index >= 15 is 0 Å². The topological polar surface area (TPSA) is 63.2 Å². The number of hydrogen-bond acceptors (Lipinski definition) is 4. The van der Waals surface area contributed by atoms with Gasteiger partial charge in [-0.3, -0.25) is 4.40 Å². The number of fused-ring (bicyclic) bond motifs is 1. The minimum absolute atomic E-state index is 0.312. The van der Waals surface area contributed by atoms with Gasteiger partial charge in [-0.25, -0.2) is 0 Å². The summed E-state index contributed by atoms with van der Waals surface area (Å²) in [6, 6.07) is 5.63. The van der Waals surface area contributed by atoms with E-state index in [1.54, 1.807) is 12.1 Å². The lowest BCUT2D eigenvalue weighted by Crippen LogP contribution is -2.17. The van der Waals surface area contributed by atoms with Crippen molar-refractivity contribution in [2.24, 2.45) is 0 Å². The van der Waals surface area contributed by atoms with Crippen molar-refractivity contribution in [3.05, 3.63) is 29.7 Å². The van der Waals surface area contributed by atoms with Crippen LogP contribution in [-0.2, 0) is 4.74 Å². The Hall–Kier alpha value is -1.93. The minimum Gasteiger partial charge on any atom is -0.381 e. The van der Waals surface area contributed by atoms with Crippen molar-refractivity contribution < 1.29 is 4.74 Å². The molecule has 0 bridgehead atoms. The Kier molecular flexibility index (Phi) is 2.50. The molecule has 1 aliphatic heterocycles. The Morgan fingerprint density at radius 1 is 1.47 bits per heavy atom. The summed E-state index contributed by atoms with van der Waals surface area (Å²) < 4.78 is 7.41. The van der Waals surface area contributed by atoms with Crippen LogP contribution in [0.5, 0.6) is 0 Å². The predicted octanol–water partition coefficient (Wildman–Crippen LogP) is 1.49. The smallest absolute Gasteiger partial charge is 0.162 e. The van der Waals surface area contributed by atoms with Gasteiger partial charge >= 0.3 is 0 Å². The average molecular weight is 228 g/mol. The first-order chi connectivity index (χ1) is 8.38. The Morgan fingerprint density at radius 2 is 2.41 bits per heavy atom. The summed E-state index contributed by atoms with van der Waals surface area (Å²) in [6.07, 6.45) is 4.01. The summed E-state index contributed by atoms with van der Waals surface area (Å²) >= 11 is 0. The van der Waals surface area contributed by atoms with Crippen molar-refractivity contribution in [2.75, 3.05) is 13.2 Å². The Labute approximate surface area is 98.6 Å². The first-order valence-corrected chi connectivity index (χ1v) is 5.71. The van der Waals surface area contributed by atoms with Gasteiger partial charge in [0.1, 0.15) is 5.82 Å². The van der Waals surface area contributed by atoms with E-state index in [0.29, 0.717) is 18.1 Å². The lowest BCUT2D eigenvalue weighted by molar-refractivity contribution is 0.0778. The van der Waals surface area contributed by atoms with Crippen LogP contribution in [0.1, 0.15) is 30.1 Å². The highest BCUT2D eigenvalue weighted by Gasteiger charge is 2.21. The number of hydrogen-bond donors (Lipinski definition) is 0. The minimum atomic E-state index is 0.312. The summed E-state index contributed by atoms with van der Waals surface area (Å²) in [4.78, 5) is 0. The van der Waals surface area contributed by atoms with Crippen LogP contribution in [0.15, 0.2) is 18.3 Å². The second-order valence-electron chi connectivity index (χ2n) is 4.23. The highest BCUT2D eigenvalue weighted by molar-refractivity contribution is 5.45. The van der Waals surface area contributed by atoms with Crippen molar-refractivity contribution in [1.82, 2.24) is 14.6 Å². The molecule has 0 spiro atoms. The SMILES string of the molecule is N#Cc1ccn2c(C3CCCOC3)nnc2c1. The van der Waals surface area contributed by atoms with Gasteiger partial charge in [0.15, 0.2) is 5.65 Å². The Bertz CT molecular complexity index is 578. The second-order valence-corrected chi connectivity index (χ2v) is 4.23. The zero-order valence-electron chi connectivity index (χ0n) is 9.33. The zero-order chi connectivity index (χ0) is 11.7. The molecule has 1 atom stereocenters. The number of aromatic nitrogens is 3. The van der Waals surface area contributed by atoms with E-state index in [1.807, 2.05) is 10.6 Å². The van der Waals surface area contributed by atoms with Gasteiger partial charge in [-0.15, -0.1) is 10.2 Å². The molecule has 86 valence electrons. The second kappa shape index (κ2) is 4.15. The third-order valence-corrected chi connectivity index (χ3v) is 3.09. The maximum absolute atomic E-state index is 8.83. The molecule has 2 aromatic rings. The molecule has 3 heterocycles. The largest absolute Gasteiger partial charge is 0.381 e. The molecule has 0 radical (unpaired) electrons. The maximum Gasteiger partial charge on any atom is 0.162 e. The molecular weight excluding hydrogens is 216 g/mol. The number of pyridine rings is 1. The fourth-order valence-corrected chi connectivity index (χ4v) is 2.20. The number of rotatable bonds is 1. The quantitative estimate of drug-likeness (QED) is 0.742. The van der Waals surface area contributed by atoms with Crippen molar-refractivity contribution in [3.8, 4) is 6.07 Å². The van der Waals surface area contributed by atoms with Gasteiger partial charge in [-0.05, 0) is 18.9 Å². The molecule has 1 unspecified atom stereocenters. The first-order valence-electron chi connectivity index (χ1n) is 5.71. The standard InChI is InChI=1S/C12H12N4O/c13-7-9-3-4-16-11(6-9)14-15-12(16)10-2-1-5-17-8-10/h3-4,6,10H,1-2,5,8H2. The normalized spacial score (nSPS) is 20.3. The first kappa shape index (κ1) is 10.2. The number of ether oxygens (including phenoxy) is 1. The lowest BCUT2D eigenvalue weighted by Gasteiger charge is -2.20. The van der Waals surface area contributed by atoms with Crippen LogP contribution >= 0.6 is 0 Å². The molecule has 5 heteroatoms. The molecule has 0 saturated carbocycles. The lowest BCUT2D eigenvalue weighted by atomic mass is 10.0. The molecule has 0 aromatic carbocycles. The maximum atomic E-state index is 8.83. The van der Waals surface area contributed by atoms with E-state index in [0.717, 1.165) is 30.9 Å². The average Bonchev–Trinajstić information content (AvgIpc) is 2.82. The summed E-state index contributed by atoms with van der Waals surface area (Å²) in [5, 5.41) is 17.2. The van der Waals surface area contributed by atoms with Crippen molar-refractivity contribution in [1.29, 1.82) is 5.26 Å². The van der Waals surface area contributed by atoms with Crippen LogP contribution in [0, 0.1) is 11.3 Å². The summed E-state index contributed by atoms with van der Waals surface area (Å²) in [5.74, 6) is 1.25. The van der Waals surface area contributed by atoms with Crippen molar-refractivity contribution in [3.63, 3.8) is 0 Å². The highest BCUT2D eigenvalue weighted by Crippen LogP contribution is 2.24. The third kappa shape index (κ3) is 1.77. The van der Waals surface area contributed by atoms with Gasteiger partial charge in [-0.1, -0.05) is 0 Å². The predicted molar refractivity (Wildman–Crippen MR) is 60.5 cm³/mol. The summed E-state index contributed by atoms with van der Waals surface area (Å²) in [5.41, 5.74) is 1.33. The third-order valence-electron chi connectivity index (χ3n) is 3.09.